The first-order valence-corrected chi connectivity index (χ1v) is 28.8. The van der Waals surface area contributed by atoms with Crippen LogP contribution >= 0.6 is 0 Å². The number of nitrogens with zero attached hydrogens (tertiary/aromatic N) is 8. The zero-order chi connectivity index (χ0) is 59.2. The molecule has 0 amide bonds. The van der Waals surface area contributed by atoms with Crippen LogP contribution in [-0.4, -0.2) is 19.1 Å². The predicted molar refractivity (Wildman–Crippen MR) is 358 cm³/mol. The maximum absolute atomic E-state index is 9.98. The van der Waals surface area contributed by atoms with Gasteiger partial charge in [0.2, 0.25) is 0 Å². The monoisotopic (exact) mass is 1120 g/mol. The third-order valence-corrected chi connectivity index (χ3v) is 16.6. The van der Waals surface area contributed by atoms with E-state index in [1.807, 2.05) is 115 Å². The van der Waals surface area contributed by atoms with Gasteiger partial charge in [-0.1, -0.05) is 170 Å². The summed E-state index contributed by atoms with van der Waals surface area (Å²) in [5, 5.41) is 14.1. The Bertz CT molecular complexity index is 5220. The van der Waals surface area contributed by atoms with Crippen LogP contribution in [0.4, 0.5) is 17.1 Å². The molecule has 0 aliphatic rings. The van der Waals surface area contributed by atoms with Crippen molar-refractivity contribution in [1.29, 1.82) is 5.26 Å². The Morgan fingerprint density at radius 1 is 0.295 bits per heavy atom. The highest BCUT2D eigenvalue weighted by atomic mass is 15.0. The van der Waals surface area contributed by atoms with Gasteiger partial charge in [0.05, 0.1) is 76.2 Å². The van der Waals surface area contributed by atoms with Crippen LogP contribution in [0.2, 0.25) is 0 Å². The molecule has 406 valence electrons. The molecule has 0 atom stereocenters. The van der Waals surface area contributed by atoms with E-state index in [1.165, 1.54) is 0 Å². The highest BCUT2D eigenvalue weighted by molar-refractivity contribution is 6.14. The minimum absolute atomic E-state index is 0.570. The van der Waals surface area contributed by atoms with Crippen molar-refractivity contribution in [3.8, 4) is 107 Å². The van der Waals surface area contributed by atoms with E-state index in [1.54, 1.807) is 0 Å². The maximum atomic E-state index is 9.98. The molecule has 0 aliphatic heterocycles. The molecule has 15 rings (SSSR count). The molecule has 0 fully saturated rings. The van der Waals surface area contributed by atoms with E-state index in [4.69, 9.17) is 29.7 Å². The average molecular weight is 1120 g/mol. The first-order valence-electron chi connectivity index (χ1n) is 28.8. The SMILES string of the molecule is [C-]#[N+]c1cccc(-c2ccc3c(c2)c2cc(-c4cccc(C#N)c4)ccc2n3-c2ccccc2-c2cc(-c3nc(-c4ccccc4)cc(-c4ccccc4)n3)ccc2-n2c3ccc(-c4cccc([N+]#[C-])c4)cc3c3cc(-c4cccc([N+]#[C-])c4)ccc32)c1. The molecule has 0 aliphatic carbocycles. The van der Waals surface area contributed by atoms with Crippen LogP contribution in [0.15, 0.2) is 279 Å². The maximum Gasteiger partial charge on any atom is 0.187 e. The number of nitriles is 1. The van der Waals surface area contributed by atoms with Crippen molar-refractivity contribution in [2.24, 2.45) is 0 Å². The average Bonchev–Trinajstić information content (AvgIpc) is 1.63. The van der Waals surface area contributed by atoms with E-state index in [2.05, 4.69) is 194 Å². The molecule has 12 aromatic carbocycles. The van der Waals surface area contributed by atoms with Crippen LogP contribution in [0, 0.1) is 31.0 Å². The highest BCUT2D eigenvalue weighted by Crippen LogP contribution is 2.45. The lowest BCUT2D eigenvalue weighted by Gasteiger charge is -2.20. The van der Waals surface area contributed by atoms with Gasteiger partial charge in [-0.05, 0) is 154 Å². The fourth-order valence-corrected chi connectivity index (χ4v) is 12.4. The fourth-order valence-electron chi connectivity index (χ4n) is 12.4. The summed E-state index contributed by atoms with van der Waals surface area (Å²) in [5.74, 6) is 0.574. The number of aromatic nitrogens is 4. The van der Waals surface area contributed by atoms with Crippen LogP contribution < -0.4 is 0 Å². The van der Waals surface area contributed by atoms with E-state index in [0.29, 0.717) is 28.5 Å². The molecule has 0 N–H and O–H groups in total. The summed E-state index contributed by atoms with van der Waals surface area (Å²) in [6.07, 6.45) is 0. The first kappa shape index (κ1) is 52.1. The van der Waals surface area contributed by atoms with Crippen molar-refractivity contribution in [3.63, 3.8) is 0 Å². The zero-order valence-corrected chi connectivity index (χ0v) is 47.1. The van der Waals surface area contributed by atoms with Crippen LogP contribution in [0.3, 0.4) is 0 Å². The van der Waals surface area contributed by atoms with E-state index >= 15 is 0 Å². The molecule has 8 heteroatoms. The molecule has 0 saturated carbocycles. The molecular formula is C80H46N8. The second kappa shape index (κ2) is 21.8. The fraction of sp³-hybridized carbons (Fsp3) is 0. The standard InChI is InChI=1S/C80H46N8/c1-82-63-25-13-22-55(41-63)59-31-36-77-69(45-59)68-44-58(54-21-12-16-51(40-54)50-81)30-35-76(68)87(77)74-29-11-10-28-66(74)67-48-62(80-85-72(52-17-6-4-7-18-52)49-73(86-80)53-19-8-5-9-20-53)34-39-75(67)88-78-37-32-60(56-23-14-26-64(42-56)83-2)46-70(78)71-47-61(33-38-79(71)88)57-24-15-27-65(43-57)84-3/h4-49H. The number of fused-ring (bicyclic) bond motifs is 6. The number of hydrogen-bond donors (Lipinski definition) is 0. The zero-order valence-electron chi connectivity index (χ0n) is 47.1. The highest BCUT2D eigenvalue weighted by Gasteiger charge is 2.24. The summed E-state index contributed by atoms with van der Waals surface area (Å²) < 4.78 is 4.73. The van der Waals surface area contributed by atoms with Gasteiger partial charge in [0.25, 0.3) is 0 Å². The second-order valence-electron chi connectivity index (χ2n) is 21.7. The van der Waals surface area contributed by atoms with Gasteiger partial charge >= 0.3 is 0 Å². The topological polar surface area (TPSA) is 72.5 Å². The largest absolute Gasteiger partial charge is 0.309 e. The van der Waals surface area contributed by atoms with Crippen molar-refractivity contribution in [1.82, 2.24) is 19.1 Å². The Morgan fingerprint density at radius 2 is 0.659 bits per heavy atom. The van der Waals surface area contributed by atoms with Crippen molar-refractivity contribution < 1.29 is 0 Å². The number of para-hydroxylation sites is 1. The van der Waals surface area contributed by atoms with E-state index in [0.717, 1.165) is 139 Å². The molecule has 3 heterocycles. The Kier molecular flexibility index (Phi) is 12.9. The van der Waals surface area contributed by atoms with Gasteiger partial charge in [-0.15, -0.1) is 0 Å². The molecule has 3 aromatic heterocycles. The number of benzene rings is 12. The van der Waals surface area contributed by atoms with Gasteiger partial charge in [-0.3, -0.25) is 0 Å². The molecule has 0 spiro atoms. The van der Waals surface area contributed by atoms with Crippen LogP contribution in [0.25, 0.3) is 159 Å². The lowest BCUT2D eigenvalue weighted by atomic mass is 9.97. The molecule has 0 bridgehead atoms. The van der Waals surface area contributed by atoms with E-state index < -0.39 is 0 Å². The van der Waals surface area contributed by atoms with Gasteiger partial charge in [0, 0.05) is 49.4 Å². The van der Waals surface area contributed by atoms with Gasteiger partial charge in [0.15, 0.2) is 22.9 Å². The van der Waals surface area contributed by atoms with Crippen LogP contribution in [0.5, 0.6) is 0 Å². The van der Waals surface area contributed by atoms with E-state index in [-0.39, 0.29) is 0 Å². The molecule has 0 radical (unpaired) electrons. The molecular weight excluding hydrogens is 1070 g/mol. The third-order valence-electron chi connectivity index (χ3n) is 16.6. The van der Waals surface area contributed by atoms with Crippen molar-refractivity contribution in [2.45, 2.75) is 0 Å². The minimum atomic E-state index is 0.570. The lowest BCUT2D eigenvalue weighted by molar-refractivity contribution is 1.15. The summed E-state index contributed by atoms with van der Waals surface area (Å²) in [6, 6.07) is 97.4. The van der Waals surface area contributed by atoms with Crippen molar-refractivity contribution in [2.75, 3.05) is 0 Å². The summed E-state index contributed by atoms with van der Waals surface area (Å²) in [7, 11) is 0. The summed E-state index contributed by atoms with van der Waals surface area (Å²) >= 11 is 0. The van der Waals surface area contributed by atoms with Crippen LogP contribution in [0.1, 0.15) is 5.56 Å². The first-order chi connectivity index (χ1) is 43.4. The van der Waals surface area contributed by atoms with Crippen LogP contribution in [-0.2, 0) is 0 Å². The van der Waals surface area contributed by atoms with Gasteiger partial charge in [0.1, 0.15) is 0 Å². The Balaban J connectivity index is 1.02. The van der Waals surface area contributed by atoms with Gasteiger partial charge in [-0.25, -0.2) is 24.5 Å². The van der Waals surface area contributed by atoms with E-state index in [9.17, 15) is 5.26 Å². The van der Waals surface area contributed by atoms with Gasteiger partial charge in [-0.2, -0.15) is 5.26 Å². The molecule has 88 heavy (non-hydrogen) atoms. The Morgan fingerprint density at radius 3 is 1.09 bits per heavy atom. The quantitative estimate of drug-likeness (QED) is 0.128. The molecule has 0 saturated heterocycles. The summed E-state index contributed by atoms with van der Waals surface area (Å²) in [6.45, 7) is 23.6. The normalized spacial score (nSPS) is 11.1. The van der Waals surface area contributed by atoms with Crippen molar-refractivity contribution >= 4 is 60.7 Å². The second-order valence-corrected chi connectivity index (χ2v) is 21.7. The molecule has 0 unspecified atom stereocenters. The molecule has 8 nitrogen and oxygen atoms in total. The Hall–Kier alpha value is -12.7. The minimum Gasteiger partial charge on any atom is -0.309 e. The Labute approximate surface area is 508 Å². The summed E-state index contributed by atoms with van der Waals surface area (Å²) in [4.78, 5) is 22.1. The van der Waals surface area contributed by atoms with Gasteiger partial charge < -0.3 is 9.13 Å². The lowest BCUT2D eigenvalue weighted by Crippen LogP contribution is -2.03. The van der Waals surface area contributed by atoms with Crippen molar-refractivity contribution in [3.05, 3.63) is 319 Å². The number of hydrogen-bond acceptors (Lipinski definition) is 3. The molecule has 15 aromatic rings. The summed E-state index contributed by atoms with van der Waals surface area (Å²) in [5.41, 5.74) is 22.1. The smallest absolute Gasteiger partial charge is 0.187 e. The number of rotatable bonds is 10. The predicted octanol–water partition coefficient (Wildman–Crippen LogP) is 21.5. The third kappa shape index (κ3) is 9.26.